The van der Waals surface area contributed by atoms with Crippen LogP contribution in [0.5, 0.6) is 0 Å². The number of carboxylic acid groups (broad SMARTS) is 1. The standard InChI is InChI=1S/C23H17NO4/c1-14-2-4-15(5-3-14)12-16-6-9-18(10-7-16)24-21(25)19-11-8-17(23(27)28)13-20(19)22(24)26/h2-11,13H,12H2,1H3,(H,27,28). The normalized spacial score (nSPS) is 13.0. The Balaban J connectivity index is 1.59. The summed E-state index contributed by atoms with van der Waals surface area (Å²) in [5, 5.41) is 9.11. The van der Waals surface area contributed by atoms with Gasteiger partial charge in [0.1, 0.15) is 0 Å². The van der Waals surface area contributed by atoms with E-state index in [-0.39, 0.29) is 16.7 Å². The van der Waals surface area contributed by atoms with Crippen LogP contribution in [0.25, 0.3) is 0 Å². The molecule has 3 aromatic carbocycles. The Morgan fingerprint density at radius 3 is 2.00 bits per heavy atom. The highest BCUT2D eigenvalue weighted by atomic mass is 16.4. The Kier molecular flexibility index (Phi) is 4.28. The average molecular weight is 371 g/mol. The second-order valence-corrected chi connectivity index (χ2v) is 6.84. The number of amides is 2. The fraction of sp³-hybridized carbons (Fsp3) is 0.0870. The number of aryl methyl sites for hydroxylation is 1. The molecular weight excluding hydrogens is 354 g/mol. The van der Waals surface area contributed by atoms with Crippen LogP contribution in [0.4, 0.5) is 5.69 Å². The van der Waals surface area contributed by atoms with E-state index in [2.05, 4.69) is 24.3 Å². The lowest BCUT2D eigenvalue weighted by Gasteiger charge is -2.14. The number of hydrogen-bond donors (Lipinski definition) is 1. The van der Waals surface area contributed by atoms with E-state index in [1.165, 1.54) is 29.3 Å². The second-order valence-electron chi connectivity index (χ2n) is 6.84. The number of aromatic carboxylic acids is 1. The van der Waals surface area contributed by atoms with Crippen LogP contribution in [-0.2, 0) is 6.42 Å². The molecule has 1 aliphatic rings. The fourth-order valence-electron chi connectivity index (χ4n) is 3.31. The summed E-state index contributed by atoms with van der Waals surface area (Å²) >= 11 is 0. The van der Waals surface area contributed by atoms with Gasteiger partial charge in [-0.2, -0.15) is 0 Å². The molecule has 0 unspecified atom stereocenters. The molecule has 28 heavy (non-hydrogen) atoms. The number of fused-ring (bicyclic) bond motifs is 1. The zero-order valence-electron chi connectivity index (χ0n) is 15.2. The first-order valence-corrected chi connectivity index (χ1v) is 8.84. The van der Waals surface area contributed by atoms with Crippen molar-refractivity contribution in [2.24, 2.45) is 0 Å². The van der Waals surface area contributed by atoms with E-state index < -0.39 is 17.8 Å². The van der Waals surface area contributed by atoms with Crippen molar-refractivity contribution >= 4 is 23.5 Å². The average Bonchev–Trinajstić information content (AvgIpc) is 2.94. The molecule has 5 heteroatoms. The summed E-state index contributed by atoms with van der Waals surface area (Å²) in [6, 6.07) is 19.5. The summed E-state index contributed by atoms with van der Waals surface area (Å²) < 4.78 is 0. The third kappa shape index (κ3) is 3.07. The number of imide groups is 1. The number of anilines is 1. The highest BCUT2D eigenvalue weighted by Crippen LogP contribution is 2.29. The Hall–Kier alpha value is -3.73. The first-order chi connectivity index (χ1) is 13.4. The van der Waals surface area contributed by atoms with Crippen molar-refractivity contribution in [1.82, 2.24) is 0 Å². The van der Waals surface area contributed by atoms with Crippen LogP contribution < -0.4 is 4.90 Å². The molecule has 0 aliphatic carbocycles. The molecular formula is C23H17NO4. The van der Waals surface area contributed by atoms with E-state index in [1.54, 1.807) is 12.1 Å². The number of hydrogen-bond acceptors (Lipinski definition) is 3. The van der Waals surface area contributed by atoms with Crippen molar-refractivity contribution < 1.29 is 19.5 Å². The van der Waals surface area contributed by atoms with E-state index in [0.29, 0.717) is 5.69 Å². The Morgan fingerprint density at radius 2 is 1.39 bits per heavy atom. The molecule has 3 aromatic rings. The molecule has 0 aromatic heterocycles. The van der Waals surface area contributed by atoms with Crippen molar-refractivity contribution in [3.8, 4) is 0 Å². The Bertz CT molecular complexity index is 1100. The molecule has 0 atom stereocenters. The van der Waals surface area contributed by atoms with Crippen LogP contribution >= 0.6 is 0 Å². The summed E-state index contributed by atoms with van der Waals surface area (Å²) in [6.45, 7) is 2.04. The van der Waals surface area contributed by atoms with Gasteiger partial charge in [0.2, 0.25) is 0 Å². The third-order valence-electron chi connectivity index (χ3n) is 4.86. The SMILES string of the molecule is Cc1ccc(Cc2ccc(N3C(=O)c4ccc(C(=O)O)cc4C3=O)cc2)cc1. The zero-order chi connectivity index (χ0) is 19.8. The van der Waals surface area contributed by atoms with Crippen molar-refractivity contribution in [2.75, 3.05) is 4.90 Å². The fourth-order valence-corrected chi connectivity index (χ4v) is 3.31. The first kappa shape index (κ1) is 17.7. The van der Waals surface area contributed by atoms with Crippen molar-refractivity contribution in [3.05, 3.63) is 100 Å². The number of benzene rings is 3. The van der Waals surface area contributed by atoms with E-state index in [0.717, 1.165) is 16.9 Å². The second kappa shape index (κ2) is 6.78. The predicted octanol–water partition coefficient (Wildman–Crippen LogP) is 4.08. The molecule has 0 saturated heterocycles. The van der Waals surface area contributed by atoms with Gasteiger partial charge in [-0.3, -0.25) is 9.59 Å². The van der Waals surface area contributed by atoms with Gasteiger partial charge in [0.25, 0.3) is 11.8 Å². The number of nitrogens with zero attached hydrogens (tertiary/aromatic N) is 1. The van der Waals surface area contributed by atoms with Crippen molar-refractivity contribution in [3.63, 3.8) is 0 Å². The molecule has 2 amide bonds. The van der Waals surface area contributed by atoms with E-state index >= 15 is 0 Å². The zero-order valence-corrected chi connectivity index (χ0v) is 15.2. The van der Waals surface area contributed by atoms with Crippen molar-refractivity contribution in [1.29, 1.82) is 0 Å². The van der Waals surface area contributed by atoms with E-state index in [4.69, 9.17) is 5.11 Å². The summed E-state index contributed by atoms with van der Waals surface area (Å²) in [7, 11) is 0. The van der Waals surface area contributed by atoms with Crippen LogP contribution in [0.15, 0.2) is 66.7 Å². The van der Waals surface area contributed by atoms with Gasteiger partial charge in [0, 0.05) is 0 Å². The Morgan fingerprint density at radius 1 is 0.821 bits per heavy atom. The molecule has 5 nitrogen and oxygen atoms in total. The highest BCUT2D eigenvalue weighted by molar-refractivity contribution is 6.34. The molecule has 1 heterocycles. The molecule has 0 fully saturated rings. The van der Waals surface area contributed by atoms with Gasteiger partial charge in [-0.25, -0.2) is 9.69 Å². The van der Waals surface area contributed by atoms with Gasteiger partial charge in [-0.05, 0) is 54.8 Å². The van der Waals surface area contributed by atoms with Crippen molar-refractivity contribution in [2.45, 2.75) is 13.3 Å². The third-order valence-corrected chi connectivity index (χ3v) is 4.86. The quantitative estimate of drug-likeness (QED) is 0.701. The largest absolute Gasteiger partial charge is 0.478 e. The maximum atomic E-state index is 12.7. The number of carbonyl (C=O) groups is 3. The molecule has 0 radical (unpaired) electrons. The minimum atomic E-state index is -1.14. The van der Waals surface area contributed by atoms with Crippen LogP contribution in [-0.4, -0.2) is 22.9 Å². The highest BCUT2D eigenvalue weighted by Gasteiger charge is 2.37. The molecule has 4 rings (SSSR count). The maximum absolute atomic E-state index is 12.7. The maximum Gasteiger partial charge on any atom is 0.335 e. The topological polar surface area (TPSA) is 74.7 Å². The van der Waals surface area contributed by atoms with Gasteiger partial charge >= 0.3 is 5.97 Å². The summed E-state index contributed by atoms with van der Waals surface area (Å²) in [4.78, 5) is 37.6. The van der Waals surface area contributed by atoms with Crippen LogP contribution in [0.2, 0.25) is 0 Å². The molecule has 0 bridgehead atoms. The first-order valence-electron chi connectivity index (χ1n) is 8.84. The van der Waals surface area contributed by atoms with Gasteiger partial charge < -0.3 is 5.11 Å². The number of rotatable bonds is 4. The minimum absolute atomic E-state index is 0.0183. The monoisotopic (exact) mass is 371 g/mol. The minimum Gasteiger partial charge on any atom is -0.478 e. The number of carbonyl (C=O) groups excluding carboxylic acids is 2. The van der Waals surface area contributed by atoms with Gasteiger partial charge in [-0.15, -0.1) is 0 Å². The van der Waals surface area contributed by atoms with E-state index in [1.807, 2.05) is 19.1 Å². The lowest BCUT2D eigenvalue weighted by atomic mass is 10.0. The molecule has 138 valence electrons. The van der Waals surface area contributed by atoms with Gasteiger partial charge in [0.05, 0.1) is 22.4 Å². The molecule has 0 spiro atoms. The summed E-state index contributed by atoms with van der Waals surface area (Å²) in [5.74, 6) is -2.08. The van der Waals surface area contributed by atoms with Gasteiger partial charge in [0.15, 0.2) is 0 Å². The van der Waals surface area contributed by atoms with Crippen LogP contribution in [0, 0.1) is 6.92 Å². The lowest BCUT2D eigenvalue weighted by Crippen LogP contribution is -2.29. The smallest absolute Gasteiger partial charge is 0.335 e. The predicted molar refractivity (Wildman–Crippen MR) is 105 cm³/mol. The molecule has 1 aliphatic heterocycles. The van der Waals surface area contributed by atoms with Crippen LogP contribution in [0.1, 0.15) is 47.8 Å². The number of carboxylic acids is 1. The molecule has 0 saturated carbocycles. The van der Waals surface area contributed by atoms with Crippen LogP contribution in [0.3, 0.4) is 0 Å². The molecule has 1 N–H and O–H groups in total. The lowest BCUT2D eigenvalue weighted by molar-refractivity contribution is 0.0696. The summed E-state index contributed by atoms with van der Waals surface area (Å²) in [5.41, 5.74) is 4.24. The Labute approximate surface area is 161 Å². The summed E-state index contributed by atoms with van der Waals surface area (Å²) in [6.07, 6.45) is 0.755. The van der Waals surface area contributed by atoms with E-state index in [9.17, 15) is 14.4 Å². The van der Waals surface area contributed by atoms with Gasteiger partial charge in [-0.1, -0.05) is 42.0 Å².